The highest BCUT2D eigenvalue weighted by Gasteiger charge is 2.39. The molecule has 7 heteroatoms. The topological polar surface area (TPSA) is 80.5 Å². The van der Waals surface area contributed by atoms with E-state index in [-0.39, 0.29) is 5.69 Å². The second kappa shape index (κ2) is 7.09. The van der Waals surface area contributed by atoms with Crippen molar-refractivity contribution in [3.8, 4) is 11.8 Å². The Bertz CT molecular complexity index is 938. The first kappa shape index (κ1) is 17.1. The molecule has 0 bridgehead atoms. The first-order chi connectivity index (χ1) is 13.2. The molecule has 1 aromatic carbocycles. The number of nitrogens with one attached hydrogen (secondary N) is 1. The number of aromatic nitrogens is 1. The van der Waals surface area contributed by atoms with Crippen molar-refractivity contribution in [3.63, 3.8) is 0 Å². The molecule has 136 valence electrons. The number of pyridine rings is 1. The molecule has 0 unspecified atom stereocenters. The van der Waals surface area contributed by atoms with Crippen molar-refractivity contribution in [2.45, 2.75) is 18.4 Å². The first-order valence-corrected chi connectivity index (χ1v) is 8.74. The summed E-state index contributed by atoms with van der Waals surface area (Å²) in [6, 6.07) is 12.8. The number of nitrogens with zero attached hydrogens (tertiary/aromatic N) is 3. The molecule has 1 spiro atoms. The Morgan fingerprint density at radius 2 is 1.93 bits per heavy atom. The number of allylic oxidation sites excluding steroid dienone is 1. The van der Waals surface area contributed by atoms with E-state index in [9.17, 15) is 10.1 Å². The van der Waals surface area contributed by atoms with E-state index in [4.69, 9.17) is 4.84 Å². The maximum absolute atomic E-state index is 11.2. The van der Waals surface area contributed by atoms with Crippen LogP contribution < -0.4 is 10.4 Å². The summed E-state index contributed by atoms with van der Waals surface area (Å²) < 4.78 is 0. The van der Waals surface area contributed by atoms with Crippen LogP contribution in [0.25, 0.3) is 0 Å². The second-order valence-corrected chi connectivity index (χ2v) is 6.53. The molecule has 4 rings (SSSR count). The van der Waals surface area contributed by atoms with Gasteiger partial charge in [-0.1, -0.05) is 24.1 Å². The summed E-state index contributed by atoms with van der Waals surface area (Å²) in [5.74, 6) is 6.62. The zero-order valence-corrected chi connectivity index (χ0v) is 14.6. The Morgan fingerprint density at radius 3 is 2.67 bits per heavy atom. The van der Waals surface area contributed by atoms with Gasteiger partial charge in [-0.2, -0.15) is 0 Å². The summed E-state index contributed by atoms with van der Waals surface area (Å²) in [6.07, 6.45) is 5.00. The van der Waals surface area contributed by atoms with E-state index >= 15 is 0 Å². The standard InChI is InChI=1S/C20H18N4O3/c25-24(26)18-7-4-12-21-19(18)23-13-10-20(11-14-23)15-17(22-27-20)9-8-16-5-2-1-3-6-16/h1-7,12,15,22H,10-11,13-14H2. The van der Waals surface area contributed by atoms with Crippen LogP contribution in [0.5, 0.6) is 0 Å². The number of anilines is 1. The van der Waals surface area contributed by atoms with Gasteiger partial charge in [-0.15, -0.1) is 0 Å². The maximum Gasteiger partial charge on any atom is 0.311 e. The molecule has 27 heavy (non-hydrogen) atoms. The minimum atomic E-state index is -0.430. The molecule has 1 saturated heterocycles. The minimum absolute atomic E-state index is 0.0314. The van der Waals surface area contributed by atoms with Crippen LogP contribution in [-0.2, 0) is 4.84 Å². The third-order valence-electron chi connectivity index (χ3n) is 4.76. The number of benzene rings is 1. The van der Waals surface area contributed by atoms with E-state index in [1.807, 2.05) is 41.3 Å². The van der Waals surface area contributed by atoms with Gasteiger partial charge in [0.05, 0.1) is 4.92 Å². The van der Waals surface area contributed by atoms with Gasteiger partial charge in [0.1, 0.15) is 11.3 Å². The monoisotopic (exact) mass is 362 g/mol. The fraction of sp³-hybridized carbons (Fsp3) is 0.250. The third kappa shape index (κ3) is 3.61. The number of nitro groups is 1. The number of rotatable bonds is 2. The van der Waals surface area contributed by atoms with E-state index < -0.39 is 10.5 Å². The van der Waals surface area contributed by atoms with E-state index in [1.165, 1.54) is 6.07 Å². The molecule has 1 fully saturated rings. The average molecular weight is 362 g/mol. The van der Waals surface area contributed by atoms with Crippen LogP contribution in [0.15, 0.2) is 60.4 Å². The van der Waals surface area contributed by atoms with Crippen LogP contribution >= 0.6 is 0 Å². The molecule has 0 saturated carbocycles. The third-order valence-corrected chi connectivity index (χ3v) is 4.76. The molecule has 7 nitrogen and oxygen atoms in total. The van der Waals surface area contributed by atoms with E-state index in [0.717, 1.165) is 11.3 Å². The summed E-state index contributed by atoms with van der Waals surface area (Å²) in [5, 5.41) is 11.2. The smallest absolute Gasteiger partial charge is 0.311 e. The van der Waals surface area contributed by atoms with Gasteiger partial charge in [0.2, 0.25) is 5.82 Å². The minimum Gasteiger partial charge on any atom is -0.351 e. The van der Waals surface area contributed by atoms with Crippen LogP contribution in [0.1, 0.15) is 18.4 Å². The predicted octanol–water partition coefficient (Wildman–Crippen LogP) is 2.80. The predicted molar refractivity (Wildman–Crippen MR) is 101 cm³/mol. The lowest BCUT2D eigenvalue weighted by Crippen LogP contribution is -2.45. The van der Waals surface area contributed by atoms with Crippen LogP contribution in [0.3, 0.4) is 0 Å². The average Bonchev–Trinajstić information content (AvgIpc) is 3.10. The van der Waals surface area contributed by atoms with Gasteiger partial charge >= 0.3 is 5.69 Å². The molecule has 2 aromatic rings. The lowest BCUT2D eigenvalue weighted by molar-refractivity contribution is -0.384. The Balaban J connectivity index is 1.46. The largest absolute Gasteiger partial charge is 0.351 e. The van der Waals surface area contributed by atoms with Crippen LogP contribution in [0.4, 0.5) is 11.5 Å². The molecule has 2 aliphatic rings. The number of hydroxylamine groups is 1. The normalized spacial score (nSPS) is 17.6. The van der Waals surface area contributed by atoms with Gasteiger partial charge in [-0.25, -0.2) is 4.98 Å². The van der Waals surface area contributed by atoms with Gasteiger partial charge in [-0.05, 0) is 30.2 Å². The molecule has 1 N–H and O–H groups in total. The Morgan fingerprint density at radius 1 is 1.15 bits per heavy atom. The first-order valence-electron chi connectivity index (χ1n) is 8.74. The molecule has 2 aliphatic heterocycles. The summed E-state index contributed by atoms with van der Waals surface area (Å²) in [5.41, 5.74) is 4.21. The lowest BCUT2D eigenvalue weighted by atomic mass is 9.91. The summed E-state index contributed by atoms with van der Waals surface area (Å²) in [6.45, 7) is 1.24. The van der Waals surface area contributed by atoms with Crippen molar-refractivity contribution >= 4 is 11.5 Å². The van der Waals surface area contributed by atoms with Crippen LogP contribution in [0, 0.1) is 22.0 Å². The lowest BCUT2D eigenvalue weighted by Gasteiger charge is -2.36. The summed E-state index contributed by atoms with van der Waals surface area (Å²) in [4.78, 5) is 22.8. The zero-order chi connectivity index (χ0) is 18.7. The Labute approximate surface area is 156 Å². The van der Waals surface area contributed by atoms with Crippen molar-refractivity contribution in [2.24, 2.45) is 0 Å². The molecule has 3 heterocycles. The fourth-order valence-corrected chi connectivity index (χ4v) is 3.32. The van der Waals surface area contributed by atoms with Gasteiger partial charge in [0.25, 0.3) is 0 Å². The van der Waals surface area contributed by atoms with Crippen molar-refractivity contribution in [2.75, 3.05) is 18.0 Å². The van der Waals surface area contributed by atoms with Crippen LogP contribution in [0.2, 0.25) is 0 Å². The summed E-state index contributed by atoms with van der Waals surface area (Å²) in [7, 11) is 0. The highest BCUT2D eigenvalue weighted by molar-refractivity contribution is 5.57. The Kier molecular flexibility index (Phi) is 4.48. The van der Waals surface area contributed by atoms with Crippen molar-refractivity contribution in [3.05, 3.63) is 76.1 Å². The maximum atomic E-state index is 11.2. The van der Waals surface area contributed by atoms with Crippen molar-refractivity contribution in [1.82, 2.24) is 10.5 Å². The van der Waals surface area contributed by atoms with Gasteiger partial charge in [-0.3, -0.25) is 20.4 Å². The second-order valence-electron chi connectivity index (χ2n) is 6.53. The molecule has 1 aromatic heterocycles. The molecule has 0 atom stereocenters. The van der Waals surface area contributed by atoms with Gasteiger partial charge in [0, 0.05) is 43.8 Å². The number of piperidine rings is 1. The zero-order valence-electron chi connectivity index (χ0n) is 14.6. The highest BCUT2D eigenvalue weighted by Crippen LogP contribution is 2.35. The van der Waals surface area contributed by atoms with Crippen molar-refractivity contribution < 1.29 is 9.76 Å². The molecule has 0 aliphatic carbocycles. The van der Waals surface area contributed by atoms with E-state index in [2.05, 4.69) is 22.3 Å². The van der Waals surface area contributed by atoms with Crippen molar-refractivity contribution in [1.29, 1.82) is 0 Å². The molecule has 0 radical (unpaired) electrons. The molecule has 0 amide bonds. The molecular weight excluding hydrogens is 344 g/mol. The number of hydrogen-bond acceptors (Lipinski definition) is 6. The fourth-order valence-electron chi connectivity index (χ4n) is 3.32. The number of hydrogen-bond donors (Lipinski definition) is 1. The summed E-state index contributed by atoms with van der Waals surface area (Å²) >= 11 is 0. The van der Waals surface area contributed by atoms with Gasteiger partial charge in [0.15, 0.2) is 0 Å². The SMILES string of the molecule is O=[N+]([O-])c1cccnc1N1CCC2(C=C(C#Cc3ccccc3)NO2)CC1. The van der Waals surface area contributed by atoms with E-state index in [1.54, 1.807) is 12.3 Å². The highest BCUT2D eigenvalue weighted by atomic mass is 16.7. The Hall–Kier alpha value is -3.37. The quantitative estimate of drug-likeness (QED) is 0.503. The van der Waals surface area contributed by atoms with E-state index in [0.29, 0.717) is 31.7 Å². The van der Waals surface area contributed by atoms with Gasteiger partial charge < -0.3 is 4.90 Å². The molecular formula is C20H18N4O3. The van der Waals surface area contributed by atoms with Crippen LogP contribution in [-0.4, -0.2) is 28.6 Å².